The van der Waals surface area contributed by atoms with Crippen LogP contribution in [0.25, 0.3) is 0 Å². The van der Waals surface area contributed by atoms with Gasteiger partial charge in [-0.05, 0) is 64.0 Å². The quantitative estimate of drug-likeness (QED) is 0.784. The van der Waals surface area contributed by atoms with Crippen LogP contribution in [0.1, 0.15) is 51.9 Å². The number of aliphatic hydroxyl groups is 1. The highest BCUT2D eigenvalue weighted by atomic mass is 16.5. The van der Waals surface area contributed by atoms with E-state index < -0.39 is 6.09 Å². The zero-order chi connectivity index (χ0) is 21.1. The van der Waals surface area contributed by atoms with E-state index in [1.54, 1.807) is 13.1 Å². The maximum absolute atomic E-state index is 13.4. The summed E-state index contributed by atoms with van der Waals surface area (Å²) in [4.78, 5) is 33.8. The fourth-order valence-electron chi connectivity index (χ4n) is 5.20. The number of hydrogen-bond acceptors (Lipinski definition) is 6. The highest BCUT2D eigenvalue weighted by Gasteiger charge is 2.50. The van der Waals surface area contributed by atoms with Crippen LogP contribution in [0.5, 0.6) is 0 Å². The number of likely N-dealkylation sites (tertiary alicyclic amines) is 1. The molecule has 1 aromatic heterocycles. The van der Waals surface area contributed by atoms with Crippen LogP contribution >= 0.6 is 0 Å². The van der Waals surface area contributed by atoms with Gasteiger partial charge in [-0.15, -0.1) is 0 Å². The van der Waals surface area contributed by atoms with Crippen molar-refractivity contribution in [3.8, 4) is 0 Å². The van der Waals surface area contributed by atoms with Crippen LogP contribution in [0.15, 0.2) is 18.3 Å². The van der Waals surface area contributed by atoms with E-state index in [2.05, 4.69) is 20.1 Å². The molecule has 164 valence electrons. The van der Waals surface area contributed by atoms with Gasteiger partial charge in [0.2, 0.25) is 5.91 Å². The molecule has 0 unspecified atom stereocenters. The van der Waals surface area contributed by atoms with Gasteiger partial charge in [0.05, 0.1) is 30.0 Å². The van der Waals surface area contributed by atoms with Gasteiger partial charge < -0.3 is 19.6 Å². The second-order valence-corrected chi connectivity index (χ2v) is 8.77. The van der Waals surface area contributed by atoms with Gasteiger partial charge in [0.15, 0.2) is 0 Å². The first-order valence-corrected chi connectivity index (χ1v) is 11.1. The maximum Gasteiger partial charge on any atom is 0.411 e. The average molecular weight is 417 g/mol. The van der Waals surface area contributed by atoms with Crippen molar-refractivity contribution in [3.63, 3.8) is 0 Å². The number of anilines is 2. The van der Waals surface area contributed by atoms with Crippen LogP contribution in [0.3, 0.4) is 0 Å². The van der Waals surface area contributed by atoms with Gasteiger partial charge in [0.1, 0.15) is 5.82 Å². The number of piperidine rings is 1. The molecular formula is C22H32N4O4. The zero-order valence-corrected chi connectivity index (χ0v) is 17.7. The third-order valence-corrected chi connectivity index (χ3v) is 6.82. The predicted molar refractivity (Wildman–Crippen MR) is 113 cm³/mol. The maximum atomic E-state index is 13.4. The van der Waals surface area contributed by atoms with Crippen LogP contribution in [-0.4, -0.2) is 65.4 Å². The van der Waals surface area contributed by atoms with Gasteiger partial charge in [-0.2, -0.15) is 0 Å². The van der Waals surface area contributed by atoms with Crippen molar-refractivity contribution in [1.82, 2.24) is 9.88 Å². The molecule has 8 nitrogen and oxygen atoms in total. The average Bonchev–Trinajstić information content (AvgIpc) is 3.05. The van der Waals surface area contributed by atoms with Crippen molar-refractivity contribution in [1.29, 1.82) is 0 Å². The molecule has 1 saturated carbocycles. The summed E-state index contributed by atoms with van der Waals surface area (Å²) in [7, 11) is 0. The molecule has 2 aliphatic heterocycles. The van der Waals surface area contributed by atoms with Gasteiger partial charge in [0, 0.05) is 25.7 Å². The number of rotatable bonds is 4. The summed E-state index contributed by atoms with van der Waals surface area (Å²) in [6, 6.07) is 3.98. The van der Waals surface area contributed by atoms with E-state index in [0.29, 0.717) is 18.8 Å². The molecular weight excluding hydrogens is 384 g/mol. The Balaban J connectivity index is 1.40. The van der Waals surface area contributed by atoms with E-state index in [1.807, 2.05) is 12.1 Å². The summed E-state index contributed by atoms with van der Waals surface area (Å²) in [5.41, 5.74) is 0.268. The molecule has 30 heavy (non-hydrogen) atoms. The Hall–Kier alpha value is -2.35. The summed E-state index contributed by atoms with van der Waals surface area (Å²) >= 11 is 0. The van der Waals surface area contributed by atoms with Gasteiger partial charge in [-0.25, -0.2) is 9.78 Å². The van der Waals surface area contributed by atoms with Crippen LogP contribution < -0.4 is 10.2 Å². The fraction of sp³-hybridized carbons (Fsp3) is 0.682. The van der Waals surface area contributed by atoms with Crippen LogP contribution in [0.4, 0.5) is 16.3 Å². The van der Waals surface area contributed by atoms with Crippen molar-refractivity contribution in [2.75, 3.05) is 36.5 Å². The van der Waals surface area contributed by atoms with Gasteiger partial charge in [0.25, 0.3) is 0 Å². The lowest BCUT2D eigenvalue weighted by atomic mass is 9.78. The van der Waals surface area contributed by atoms with E-state index in [-0.39, 0.29) is 23.5 Å². The Morgan fingerprint density at radius 1 is 1.27 bits per heavy atom. The third-order valence-electron chi connectivity index (χ3n) is 6.82. The number of aromatic nitrogens is 1. The number of nitrogens with zero attached hydrogens (tertiary/aromatic N) is 3. The molecule has 0 bridgehead atoms. The second-order valence-electron chi connectivity index (χ2n) is 8.77. The fourth-order valence-corrected chi connectivity index (χ4v) is 5.20. The standard InChI is InChI=1S/C22H32N4O4/c1-2-30-21(29)24-16-4-9-19(23-14-16)25-12-3-10-22(15-25)11-13-26(20(22)28)17-5-7-18(27)8-6-17/h4,9,14,17-18,27H,2-3,5-8,10-13,15H2,1H3,(H,24,29)/t17-,18-,22-/m1/s1. The van der Waals surface area contributed by atoms with E-state index in [9.17, 15) is 14.7 Å². The monoisotopic (exact) mass is 416 g/mol. The Kier molecular flexibility index (Phi) is 6.13. The topological polar surface area (TPSA) is 95.0 Å². The summed E-state index contributed by atoms with van der Waals surface area (Å²) in [6.45, 7) is 4.47. The number of nitrogens with one attached hydrogen (secondary N) is 1. The predicted octanol–water partition coefficient (Wildman–Crippen LogP) is 2.77. The van der Waals surface area contributed by atoms with Crippen molar-refractivity contribution in [3.05, 3.63) is 18.3 Å². The minimum Gasteiger partial charge on any atom is -0.450 e. The number of carbonyl (C=O) groups is 2. The van der Waals surface area contributed by atoms with Gasteiger partial charge >= 0.3 is 6.09 Å². The summed E-state index contributed by atoms with van der Waals surface area (Å²) in [5.74, 6) is 1.12. The molecule has 1 spiro atoms. The first kappa shape index (κ1) is 20.9. The normalized spacial score (nSPS) is 29.3. The third kappa shape index (κ3) is 4.24. The molecule has 2 N–H and O–H groups in total. The van der Waals surface area contributed by atoms with E-state index >= 15 is 0 Å². The van der Waals surface area contributed by atoms with E-state index in [1.165, 1.54) is 0 Å². The lowest BCUT2D eigenvalue weighted by Gasteiger charge is -2.41. The first-order chi connectivity index (χ1) is 14.5. The molecule has 0 radical (unpaired) electrons. The number of aliphatic hydroxyl groups excluding tert-OH is 1. The lowest BCUT2D eigenvalue weighted by molar-refractivity contribution is -0.139. The van der Waals surface area contributed by atoms with Crippen LogP contribution in [-0.2, 0) is 9.53 Å². The highest BCUT2D eigenvalue weighted by molar-refractivity contribution is 5.86. The molecule has 3 heterocycles. The number of hydrogen-bond donors (Lipinski definition) is 2. The lowest BCUT2D eigenvalue weighted by Crippen LogP contribution is -2.50. The van der Waals surface area contributed by atoms with Crippen molar-refractivity contribution in [2.45, 2.75) is 64.0 Å². The van der Waals surface area contributed by atoms with Crippen molar-refractivity contribution < 1.29 is 19.4 Å². The van der Waals surface area contributed by atoms with Crippen LogP contribution in [0.2, 0.25) is 0 Å². The summed E-state index contributed by atoms with van der Waals surface area (Å²) < 4.78 is 4.89. The smallest absolute Gasteiger partial charge is 0.411 e. The minimum absolute atomic E-state index is 0.203. The molecule has 2 saturated heterocycles. The Morgan fingerprint density at radius 2 is 2.07 bits per heavy atom. The molecule has 3 fully saturated rings. The molecule has 2 amide bonds. The second kappa shape index (κ2) is 8.79. The highest BCUT2D eigenvalue weighted by Crippen LogP contribution is 2.43. The minimum atomic E-state index is -0.490. The number of amides is 2. The Morgan fingerprint density at radius 3 is 2.77 bits per heavy atom. The molecule has 1 aliphatic carbocycles. The Labute approximate surface area is 177 Å². The largest absolute Gasteiger partial charge is 0.450 e. The summed E-state index contributed by atoms with van der Waals surface area (Å²) in [6.07, 6.45) is 7.12. The number of pyridine rings is 1. The van der Waals surface area contributed by atoms with Gasteiger partial charge in [-0.1, -0.05) is 0 Å². The van der Waals surface area contributed by atoms with Crippen LogP contribution in [0, 0.1) is 5.41 Å². The summed E-state index contributed by atoms with van der Waals surface area (Å²) in [5, 5.41) is 12.4. The molecule has 1 aromatic rings. The SMILES string of the molecule is CCOC(=O)Nc1ccc(N2CCC[C@@]3(CCN([C@H]4CC[C@H](O)CC4)C3=O)C2)nc1. The molecule has 1 atom stereocenters. The van der Waals surface area contributed by atoms with Crippen molar-refractivity contribution in [2.24, 2.45) is 5.41 Å². The number of ether oxygens (including phenoxy) is 1. The van der Waals surface area contributed by atoms with Crippen molar-refractivity contribution >= 4 is 23.5 Å². The number of carbonyl (C=O) groups excluding carboxylic acids is 2. The molecule has 4 rings (SSSR count). The molecule has 0 aromatic carbocycles. The van der Waals surface area contributed by atoms with E-state index in [4.69, 9.17) is 4.74 Å². The Bertz CT molecular complexity index is 763. The molecule has 8 heteroatoms. The molecule has 3 aliphatic rings. The van der Waals surface area contributed by atoms with E-state index in [0.717, 1.165) is 63.9 Å². The first-order valence-electron chi connectivity index (χ1n) is 11.1. The zero-order valence-electron chi connectivity index (χ0n) is 17.7. The van der Waals surface area contributed by atoms with Gasteiger partial charge in [-0.3, -0.25) is 10.1 Å².